The molecule has 1 atom stereocenters. The quantitative estimate of drug-likeness (QED) is 0.705. The van der Waals surface area contributed by atoms with E-state index in [1.165, 1.54) is 17.7 Å². The summed E-state index contributed by atoms with van der Waals surface area (Å²) in [5, 5.41) is 3.87. The van der Waals surface area contributed by atoms with Crippen molar-refractivity contribution in [1.29, 1.82) is 0 Å². The van der Waals surface area contributed by atoms with Crippen molar-refractivity contribution in [2.45, 2.75) is 38.8 Å². The van der Waals surface area contributed by atoms with Crippen molar-refractivity contribution >= 4 is 16.8 Å². The Labute approximate surface area is 170 Å². The molecule has 1 aliphatic rings. The van der Waals surface area contributed by atoms with E-state index in [1.807, 2.05) is 13.0 Å². The number of aryl methyl sites for hydroxylation is 1. The fourth-order valence-corrected chi connectivity index (χ4v) is 4.16. The molecule has 2 heterocycles. The molecular formula is C24H26FN3O. The molecule has 1 aromatic heterocycles. The second kappa shape index (κ2) is 8.29. The summed E-state index contributed by atoms with van der Waals surface area (Å²) in [6.45, 7) is 5.95. The summed E-state index contributed by atoms with van der Waals surface area (Å²) in [6.07, 6.45) is 1.83. The fourth-order valence-electron chi connectivity index (χ4n) is 4.16. The van der Waals surface area contributed by atoms with Crippen molar-refractivity contribution in [2.24, 2.45) is 0 Å². The smallest absolute Gasteiger partial charge is 0.252 e. The average molecular weight is 391 g/mol. The molecule has 5 heteroatoms. The molecule has 3 aromatic rings. The molecule has 0 radical (unpaired) electrons. The lowest BCUT2D eigenvalue weighted by Gasteiger charge is -2.36. The zero-order valence-corrected chi connectivity index (χ0v) is 16.9. The normalized spacial score (nSPS) is 16.7. The Morgan fingerprint density at radius 1 is 1.14 bits per heavy atom. The topological polar surface area (TPSA) is 45.2 Å². The summed E-state index contributed by atoms with van der Waals surface area (Å²) in [4.78, 5) is 19.8. The molecule has 1 amide bonds. The number of benzene rings is 2. The third kappa shape index (κ3) is 4.30. The molecule has 1 unspecified atom stereocenters. The Morgan fingerprint density at radius 2 is 1.86 bits per heavy atom. The van der Waals surface area contributed by atoms with Crippen molar-refractivity contribution in [3.05, 3.63) is 77.2 Å². The molecule has 0 saturated carbocycles. The molecular weight excluding hydrogens is 365 g/mol. The van der Waals surface area contributed by atoms with Gasteiger partial charge >= 0.3 is 0 Å². The van der Waals surface area contributed by atoms with Crippen molar-refractivity contribution in [1.82, 2.24) is 15.2 Å². The van der Waals surface area contributed by atoms with E-state index in [1.54, 1.807) is 12.1 Å². The Hall–Kier alpha value is -2.79. The van der Waals surface area contributed by atoms with Crippen LogP contribution in [0.15, 0.2) is 54.6 Å². The van der Waals surface area contributed by atoms with Crippen molar-refractivity contribution in [3.63, 3.8) is 0 Å². The van der Waals surface area contributed by atoms with E-state index in [2.05, 4.69) is 46.4 Å². The number of carbonyl (C=O) groups excluding carboxylic acids is 1. The zero-order chi connectivity index (χ0) is 20.4. The number of hydrogen-bond donors (Lipinski definition) is 1. The number of carbonyl (C=O) groups is 1. The Kier molecular flexibility index (Phi) is 5.58. The van der Waals surface area contributed by atoms with Gasteiger partial charge < -0.3 is 5.32 Å². The monoisotopic (exact) mass is 391 g/mol. The van der Waals surface area contributed by atoms with E-state index in [9.17, 15) is 9.18 Å². The highest BCUT2D eigenvalue weighted by atomic mass is 19.1. The highest BCUT2D eigenvalue weighted by Gasteiger charge is 2.25. The summed E-state index contributed by atoms with van der Waals surface area (Å²) in [5.41, 5.74) is 3.11. The summed E-state index contributed by atoms with van der Waals surface area (Å²) in [7, 11) is 0. The van der Waals surface area contributed by atoms with E-state index in [0.29, 0.717) is 28.2 Å². The van der Waals surface area contributed by atoms with Crippen LogP contribution in [0.1, 0.15) is 47.4 Å². The largest absolute Gasteiger partial charge is 0.349 e. The molecule has 4 rings (SSSR count). The average Bonchev–Trinajstić information content (AvgIpc) is 2.73. The fraction of sp³-hybridized carbons (Fsp3) is 0.333. The van der Waals surface area contributed by atoms with Crippen LogP contribution in [0.2, 0.25) is 0 Å². The lowest BCUT2D eigenvalue weighted by molar-refractivity contribution is 0.0897. The molecule has 4 nitrogen and oxygen atoms in total. The molecule has 2 aromatic carbocycles. The van der Waals surface area contributed by atoms with Gasteiger partial charge in [-0.3, -0.25) is 14.7 Å². The number of hydrogen-bond acceptors (Lipinski definition) is 3. The van der Waals surface area contributed by atoms with E-state index >= 15 is 0 Å². The molecule has 1 aliphatic heterocycles. The first-order valence-corrected chi connectivity index (χ1v) is 10.2. The molecule has 150 valence electrons. The van der Waals surface area contributed by atoms with E-state index in [0.717, 1.165) is 25.9 Å². The third-order valence-electron chi connectivity index (χ3n) is 5.84. The summed E-state index contributed by atoms with van der Waals surface area (Å²) < 4.78 is 13.6. The number of fused-ring (bicyclic) bond motifs is 1. The van der Waals surface area contributed by atoms with Gasteiger partial charge in [0.05, 0.1) is 11.1 Å². The van der Waals surface area contributed by atoms with Crippen LogP contribution in [-0.2, 0) is 0 Å². The molecule has 1 fully saturated rings. The van der Waals surface area contributed by atoms with Gasteiger partial charge in [0.1, 0.15) is 5.82 Å². The van der Waals surface area contributed by atoms with Crippen LogP contribution in [0.4, 0.5) is 4.39 Å². The van der Waals surface area contributed by atoms with Gasteiger partial charge in [-0.2, -0.15) is 0 Å². The highest BCUT2D eigenvalue weighted by Crippen LogP contribution is 2.25. The maximum atomic E-state index is 13.6. The number of likely N-dealkylation sites (tertiary alicyclic amines) is 1. The van der Waals surface area contributed by atoms with Gasteiger partial charge in [-0.25, -0.2) is 4.39 Å². The van der Waals surface area contributed by atoms with Crippen molar-refractivity contribution in [2.75, 3.05) is 13.1 Å². The SMILES string of the molecule is Cc1cc(C(=O)NC2CCN(C(C)c3ccccc3)CC2)c2ccc(F)cc2n1. The minimum Gasteiger partial charge on any atom is -0.349 e. The number of amides is 1. The highest BCUT2D eigenvalue weighted by molar-refractivity contribution is 6.06. The maximum absolute atomic E-state index is 13.6. The van der Waals surface area contributed by atoms with Gasteiger partial charge in [-0.15, -0.1) is 0 Å². The van der Waals surface area contributed by atoms with Crippen LogP contribution in [0.25, 0.3) is 10.9 Å². The Morgan fingerprint density at radius 3 is 2.59 bits per heavy atom. The zero-order valence-electron chi connectivity index (χ0n) is 16.9. The maximum Gasteiger partial charge on any atom is 0.252 e. The summed E-state index contributed by atoms with van der Waals surface area (Å²) in [5.74, 6) is -0.455. The van der Waals surface area contributed by atoms with Gasteiger partial charge in [0.25, 0.3) is 5.91 Å². The van der Waals surface area contributed by atoms with E-state index in [-0.39, 0.29) is 17.8 Å². The molecule has 0 spiro atoms. The van der Waals surface area contributed by atoms with Gasteiger partial charge in [-0.05, 0) is 50.5 Å². The van der Waals surface area contributed by atoms with Crippen LogP contribution in [-0.4, -0.2) is 34.9 Å². The first-order chi connectivity index (χ1) is 14.0. The second-order valence-electron chi connectivity index (χ2n) is 7.84. The minimum atomic E-state index is -0.345. The van der Waals surface area contributed by atoms with Crippen LogP contribution in [0.5, 0.6) is 0 Å². The predicted octanol–water partition coefficient (Wildman–Crippen LogP) is 4.64. The van der Waals surface area contributed by atoms with Crippen molar-refractivity contribution in [3.8, 4) is 0 Å². The van der Waals surface area contributed by atoms with Gasteiger partial charge in [-0.1, -0.05) is 30.3 Å². The lowest BCUT2D eigenvalue weighted by atomic mass is 9.99. The molecule has 29 heavy (non-hydrogen) atoms. The molecule has 0 bridgehead atoms. The molecule has 1 saturated heterocycles. The summed E-state index contributed by atoms with van der Waals surface area (Å²) in [6, 6.07) is 17.2. The number of rotatable bonds is 4. The second-order valence-corrected chi connectivity index (χ2v) is 7.84. The molecule has 0 aliphatic carbocycles. The Bertz CT molecular complexity index is 1010. The standard InChI is InChI=1S/C24H26FN3O/c1-16-14-22(21-9-8-19(25)15-23(21)26-16)24(29)27-20-10-12-28(13-11-20)17(2)18-6-4-3-5-7-18/h3-9,14-15,17,20H,10-13H2,1-2H3,(H,27,29). The van der Waals surface area contributed by atoms with Gasteiger partial charge in [0, 0.05) is 42.3 Å². The van der Waals surface area contributed by atoms with Gasteiger partial charge in [0.15, 0.2) is 0 Å². The third-order valence-corrected chi connectivity index (χ3v) is 5.84. The minimum absolute atomic E-state index is 0.110. The van der Waals surface area contributed by atoms with E-state index in [4.69, 9.17) is 0 Å². The van der Waals surface area contributed by atoms with Crippen molar-refractivity contribution < 1.29 is 9.18 Å². The number of nitrogens with one attached hydrogen (secondary N) is 1. The van der Waals surface area contributed by atoms with Crippen LogP contribution in [0, 0.1) is 12.7 Å². The van der Waals surface area contributed by atoms with Crippen LogP contribution in [0.3, 0.4) is 0 Å². The Balaban J connectivity index is 1.42. The first-order valence-electron chi connectivity index (χ1n) is 10.2. The van der Waals surface area contributed by atoms with Crippen LogP contribution < -0.4 is 5.32 Å². The van der Waals surface area contributed by atoms with E-state index < -0.39 is 0 Å². The van der Waals surface area contributed by atoms with Gasteiger partial charge in [0.2, 0.25) is 0 Å². The number of nitrogens with zero attached hydrogens (tertiary/aromatic N) is 2. The van der Waals surface area contributed by atoms with Crippen LogP contribution >= 0.6 is 0 Å². The number of aromatic nitrogens is 1. The summed E-state index contributed by atoms with van der Waals surface area (Å²) >= 11 is 0. The first kappa shape index (κ1) is 19.5. The number of halogens is 1. The number of pyridine rings is 1. The number of piperidine rings is 1. The predicted molar refractivity (Wildman–Crippen MR) is 113 cm³/mol. The lowest BCUT2D eigenvalue weighted by Crippen LogP contribution is -2.45. The molecule has 1 N–H and O–H groups in total.